The fraction of sp³-hybridized carbons (Fsp3) is 0.320. The van der Waals surface area contributed by atoms with E-state index < -0.39 is 16.0 Å². The molecule has 0 spiro atoms. The molecule has 1 aromatic heterocycles. The summed E-state index contributed by atoms with van der Waals surface area (Å²) < 4.78 is 34.1. The van der Waals surface area contributed by atoms with Gasteiger partial charge in [0, 0.05) is 18.8 Å². The Bertz CT molecular complexity index is 1190. The smallest absolute Gasteiger partial charge is 0.355 e. The summed E-state index contributed by atoms with van der Waals surface area (Å²) >= 11 is 0. The van der Waals surface area contributed by atoms with Gasteiger partial charge in [-0.1, -0.05) is 36.4 Å². The van der Waals surface area contributed by atoms with Crippen molar-refractivity contribution >= 4 is 16.0 Å². The third-order valence-corrected chi connectivity index (χ3v) is 7.21. The fourth-order valence-electron chi connectivity index (χ4n) is 3.85. The number of H-pyrrole nitrogens is 1. The number of aryl methyl sites for hydroxylation is 3. The van der Waals surface area contributed by atoms with Crippen LogP contribution in [0.25, 0.3) is 0 Å². The fourth-order valence-corrected chi connectivity index (χ4v) is 5.44. The van der Waals surface area contributed by atoms with Crippen molar-refractivity contribution in [3.63, 3.8) is 0 Å². The van der Waals surface area contributed by atoms with Crippen LogP contribution >= 0.6 is 0 Å². The first-order valence-electron chi connectivity index (χ1n) is 10.6. The second-order valence-corrected chi connectivity index (χ2v) is 9.97. The van der Waals surface area contributed by atoms with Gasteiger partial charge in [0.25, 0.3) is 0 Å². The minimum atomic E-state index is -3.79. The minimum Gasteiger partial charge on any atom is -0.461 e. The molecular formula is C25H30N2O4S. The Morgan fingerprint density at radius 3 is 2.19 bits per heavy atom. The molecule has 32 heavy (non-hydrogen) atoms. The second kappa shape index (κ2) is 9.71. The molecule has 3 aromatic rings. The molecule has 0 fully saturated rings. The van der Waals surface area contributed by atoms with Crippen molar-refractivity contribution in [3.8, 4) is 0 Å². The summed E-state index contributed by atoms with van der Waals surface area (Å²) in [4.78, 5) is 15.7. The van der Waals surface area contributed by atoms with Crippen LogP contribution in [0.15, 0.2) is 53.4 Å². The number of sulfonamides is 1. The van der Waals surface area contributed by atoms with Gasteiger partial charge in [-0.3, -0.25) is 0 Å². The molecule has 0 unspecified atom stereocenters. The molecule has 0 radical (unpaired) electrons. The lowest BCUT2D eigenvalue weighted by molar-refractivity contribution is 0.0519. The zero-order chi connectivity index (χ0) is 23.5. The van der Waals surface area contributed by atoms with E-state index in [9.17, 15) is 13.2 Å². The molecule has 0 bridgehead atoms. The number of hydrogen-bond donors (Lipinski definition) is 1. The maximum absolute atomic E-state index is 13.7. The number of rotatable bonds is 8. The number of aromatic nitrogens is 1. The van der Waals surface area contributed by atoms with Crippen LogP contribution in [-0.2, 0) is 27.8 Å². The van der Waals surface area contributed by atoms with Crippen LogP contribution in [0.4, 0.5) is 0 Å². The predicted octanol–water partition coefficient (Wildman–Crippen LogP) is 4.82. The van der Waals surface area contributed by atoms with E-state index in [2.05, 4.69) is 4.98 Å². The normalized spacial score (nSPS) is 11.7. The van der Waals surface area contributed by atoms with E-state index >= 15 is 0 Å². The molecule has 2 aromatic carbocycles. The first kappa shape index (κ1) is 23.8. The molecular weight excluding hydrogens is 424 g/mol. The first-order valence-corrected chi connectivity index (χ1v) is 12.0. The standard InChI is InChI=1S/C25H30N2O4S/c1-6-31-25(28)24-19(4)23(20(5)26-24)16-27(15-21-10-8-7-9-11-21)32(29,30)22-13-17(2)12-18(3)14-22/h7-14,26H,6,15-16H2,1-5H3. The highest BCUT2D eigenvalue weighted by atomic mass is 32.2. The zero-order valence-electron chi connectivity index (χ0n) is 19.2. The third kappa shape index (κ3) is 5.11. The van der Waals surface area contributed by atoms with Gasteiger partial charge in [0.2, 0.25) is 10.0 Å². The van der Waals surface area contributed by atoms with E-state index in [0.29, 0.717) is 11.3 Å². The number of nitrogens with zero attached hydrogens (tertiary/aromatic N) is 1. The summed E-state index contributed by atoms with van der Waals surface area (Å²) in [6.45, 7) is 9.81. The van der Waals surface area contributed by atoms with E-state index in [1.54, 1.807) is 19.1 Å². The number of nitrogens with one attached hydrogen (secondary N) is 1. The van der Waals surface area contributed by atoms with Gasteiger partial charge >= 0.3 is 5.97 Å². The van der Waals surface area contributed by atoms with Gasteiger partial charge in [0.05, 0.1) is 11.5 Å². The van der Waals surface area contributed by atoms with Crippen LogP contribution in [-0.4, -0.2) is 30.3 Å². The van der Waals surface area contributed by atoms with Crippen LogP contribution in [0.3, 0.4) is 0 Å². The maximum Gasteiger partial charge on any atom is 0.355 e. The highest BCUT2D eigenvalue weighted by molar-refractivity contribution is 7.89. The van der Waals surface area contributed by atoms with Gasteiger partial charge in [-0.25, -0.2) is 13.2 Å². The highest BCUT2D eigenvalue weighted by Crippen LogP contribution is 2.27. The lowest BCUT2D eigenvalue weighted by Gasteiger charge is -2.23. The Hall–Kier alpha value is -2.90. The second-order valence-electron chi connectivity index (χ2n) is 8.03. The van der Waals surface area contributed by atoms with Crippen LogP contribution in [0.2, 0.25) is 0 Å². The predicted molar refractivity (Wildman–Crippen MR) is 125 cm³/mol. The molecule has 0 saturated heterocycles. The molecule has 0 saturated carbocycles. The lowest BCUT2D eigenvalue weighted by Crippen LogP contribution is -2.31. The van der Waals surface area contributed by atoms with Crippen molar-refractivity contribution in [2.24, 2.45) is 0 Å². The summed E-state index contributed by atoms with van der Waals surface area (Å²) in [5.41, 5.74) is 5.26. The SMILES string of the molecule is CCOC(=O)c1[nH]c(C)c(CN(Cc2ccccc2)S(=O)(=O)c2cc(C)cc(C)c2)c1C. The van der Waals surface area contributed by atoms with E-state index in [-0.39, 0.29) is 24.6 Å². The van der Waals surface area contributed by atoms with Crippen molar-refractivity contribution in [1.82, 2.24) is 9.29 Å². The van der Waals surface area contributed by atoms with Crippen molar-refractivity contribution in [2.45, 2.75) is 52.6 Å². The molecule has 6 nitrogen and oxygen atoms in total. The topological polar surface area (TPSA) is 79.5 Å². The van der Waals surface area contributed by atoms with Crippen molar-refractivity contribution in [3.05, 3.63) is 87.7 Å². The Balaban J connectivity index is 2.06. The van der Waals surface area contributed by atoms with Crippen molar-refractivity contribution in [1.29, 1.82) is 0 Å². The van der Waals surface area contributed by atoms with Crippen molar-refractivity contribution in [2.75, 3.05) is 6.61 Å². The largest absolute Gasteiger partial charge is 0.461 e. The Morgan fingerprint density at radius 2 is 1.59 bits per heavy atom. The van der Waals surface area contributed by atoms with Gasteiger partial charge in [-0.15, -0.1) is 0 Å². The Labute approximate surface area is 190 Å². The van der Waals surface area contributed by atoms with Crippen molar-refractivity contribution < 1.29 is 17.9 Å². The van der Waals surface area contributed by atoms with Crippen LogP contribution in [0.1, 0.15) is 50.9 Å². The molecule has 3 rings (SSSR count). The number of hydrogen-bond acceptors (Lipinski definition) is 4. The van der Waals surface area contributed by atoms with Crippen LogP contribution in [0, 0.1) is 27.7 Å². The van der Waals surface area contributed by atoms with E-state index in [0.717, 1.165) is 27.9 Å². The van der Waals surface area contributed by atoms with Crippen LogP contribution in [0.5, 0.6) is 0 Å². The highest BCUT2D eigenvalue weighted by Gasteiger charge is 2.28. The number of ether oxygens (including phenoxy) is 1. The molecule has 1 N–H and O–H groups in total. The summed E-state index contributed by atoms with van der Waals surface area (Å²) in [6.07, 6.45) is 0. The number of aromatic amines is 1. The molecule has 1 heterocycles. The minimum absolute atomic E-state index is 0.137. The monoisotopic (exact) mass is 454 g/mol. The van der Waals surface area contributed by atoms with Gasteiger partial charge in [0.15, 0.2) is 0 Å². The first-order chi connectivity index (χ1) is 15.1. The molecule has 7 heteroatoms. The zero-order valence-corrected chi connectivity index (χ0v) is 20.0. The van der Waals surface area contributed by atoms with E-state index in [4.69, 9.17) is 4.74 Å². The van der Waals surface area contributed by atoms with Gasteiger partial charge in [-0.05, 0) is 74.6 Å². The van der Waals surface area contributed by atoms with E-state index in [1.165, 1.54) is 4.31 Å². The molecule has 170 valence electrons. The molecule has 0 aliphatic carbocycles. The lowest BCUT2D eigenvalue weighted by atomic mass is 10.1. The van der Waals surface area contributed by atoms with E-state index in [1.807, 2.05) is 64.1 Å². The summed E-state index contributed by atoms with van der Waals surface area (Å²) in [5, 5.41) is 0. The summed E-state index contributed by atoms with van der Waals surface area (Å²) in [7, 11) is -3.79. The molecule has 0 amide bonds. The third-order valence-electron chi connectivity index (χ3n) is 5.44. The summed E-state index contributed by atoms with van der Waals surface area (Å²) in [5.74, 6) is -0.439. The van der Waals surface area contributed by atoms with Gasteiger partial charge in [-0.2, -0.15) is 4.31 Å². The average molecular weight is 455 g/mol. The Morgan fingerprint density at radius 1 is 0.969 bits per heavy atom. The van der Waals surface area contributed by atoms with Gasteiger partial charge < -0.3 is 9.72 Å². The number of carbonyl (C=O) groups excluding carboxylic acids is 1. The average Bonchev–Trinajstić information content (AvgIpc) is 3.02. The maximum atomic E-state index is 13.7. The van der Waals surface area contributed by atoms with Crippen LogP contribution < -0.4 is 0 Å². The number of benzene rings is 2. The number of esters is 1. The summed E-state index contributed by atoms with van der Waals surface area (Å²) in [6, 6.07) is 14.8. The Kier molecular flexibility index (Phi) is 7.21. The number of carbonyl (C=O) groups is 1. The molecule has 0 aliphatic heterocycles. The molecule has 0 aliphatic rings. The quantitative estimate of drug-likeness (QED) is 0.495. The molecule has 0 atom stereocenters. The van der Waals surface area contributed by atoms with Gasteiger partial charge in [0.1, 0.15) is 5.69 Å².